The summed E-state index contributed by atoms with van der Waals surface area (Å²) in [5, 5.41) is 9.47. The van der Waals surface area contributed by atoms with Gasteiger partial charge in [-0.05, 0) is 93.3 Å². The molecule has 12 heteroatoms. The van der Waals surface area contributed by atoms with Crippen LogP contribution in [0.1, 0.15) is 24.0 Å². The molecule has 0 atom stereocenters. The van der Waals surface area contributed by atoms with E-state index in [1.807, 2.05) is 23.4 Å². The number of benzene rings is 2. The van der Waals surface area contributed by atoms with E-state index in [1.54, 1.807) is 30.1 Å². The minimum atomic E-state index is -2.54. The second kappa shape index (κ2) is 15.3. The van der Waals surface area contributed by atoms with Crippen LogP contribution >= 0.6 is 23.5 Å². The second-order valence-corrected chi connectivity index (χ2v) is 11.5. The average molecular weight is 594 g/mol. The number of alkyl halides is 2. The molecule has 0 aliphatic carbocycles. The largest absolute Gasteiger partial charge is 0.311 e. The number of nitrogens with zero attached hydrogens (tertiary/aromatic N) is 3. The number of hydrogen-bond donors (Lipinski definition) is 2. The molecule has 2 aliphatic rings. The molecule has 214 valence electrons. The first-order valence-corrected chi connectivity index (χ1v) is 14.2. The predicted octanol–water partition coefficient (Wildman–Crippen LogP) is 6.99. The molecule has 0 aromatic heterocycles. The zero-order valence-electron chi connectivity index (χ0n) is 22.4. The number of halogens is 5. The molecule has 2 heterocycles. The van der Waals surface area contributed by atoms with E-state index < -0.39 is 12.2 Å². The van der Waals surface area contributed by atoms with Crippen molar-refractivity contribution in [2.45, 2.75) is 56.7 Å². The highest BCUT2D eigenvalue weighted by atomic mass is 35.5. The number of hydrogen-bond acceptors (Lipinski definition) is 6. The quantitative estimate of drug-likeness (QED) is 0.134. The van der Waals surface area contributed by atoms with Crippen molar-refractivity contribution in [1.29, 1.82) is 5.26 Å². The van der Waals surface area contributed by atoms with E-state index in [0.29, 0.717) is 23.4 Å². The summed E-state index contributed by atoms with van der Waals surface area (Å²) >= 11 is 7.73. The van der Waals surface area contributed by atoms with Crippen LogP contribution in [0.3, 0.4) is 0 Å². The van der Waals surface area contributed by atoms with Crippen molar-refractivity contribution in [3.63, 3.8) is 0 Å². The summed E-state index contributed by atoms with van der Waals surface area (Å²) in [5.41, 5.74) is 6.28. The van der Waals surface area contributed by atoms with Crippen LogP contribution < -0.4 is 15.2 Å². The molecular formula is C28H33BClF4N5S. The number of allylic oxidation sites excluding steroid dienone is 1. The van der Waals surface area contributed by atoms with Crippen LogP contribution in [0.5, 0.6) is 0 Å². The van der Waals surface area contributed by atoms with Crippen molar-refractivity contribution in [3.05, 3.63) is 89.2 Å². The number of nitrogens with one attached hydrogen (secondary N) is 2. The molecule has 0 unspecified atom stereocenters. The molecule has 0 bridgehead atoms. The Morgan fingerprint density at radius 1 is 1.23 bits per heavy atom. The lowest BCUT2D eigenvalue weighted by Crippen LogP contribution is -2.51. The molecular weight excluding hydrogens is 561 g/mol. The molecule has 5 nitrogen and oxygen atoms in total. The Balaban J connectivity index is 0.000000424. The summed E-state index contributed by atoms with van der Waals surface area (Å²) in [6.07, 6.45) is 2.73. The Bertz CT molecular complexity index is 1200. The maximum Gasteiger partial charge on any atom is 0.279 e. The van der Waals surface area contributed by atoms with E-state index in [4.69, 9.17) is 16.9 Å². The number of piperidine rings is 1. The van der Waals surface area contributed by atoms with Gasteiger partial charge in [0.25, 0.3) is 13.1 Å². The summed E-state index contributed by atoms with van der Waals surface area (Å²) in [5.74, 6) is 1.67. The van der Waals surface area contributed by atoms with Crippen LogP contribution in [0.25, 0.3) is 0 Å². The molecule has 0 saturated carbocycles. The highest BCUT2D eigenvalue weighted by molar-refractivity contribution is 8.01. The van der Waals surface area contributed by atoms with Crippen LogP contribution in [-0.2, 0) is 6.54 Å². The van der Waals surface area contributed by atoms with Crippen molar-refractivity contribution in [1.82, 2.24) is 15.8 Å². The lowest BCUT2D eigenvalue weighted by atomic mass is 9.34. The van der Waals surface area contributed by atoms with E-state index in [1.165, 1.54) is 12.3 Å². The monoisotopic (exact) mass is 593 g/mol. The van der Waals surface area contributed by atoms with E-state index in [-0.39, 0.29) is 23.2 Å². The molecule has 2 N–H and O–H groups in total. The molecule has 2 fully saturated rings. The Morgan fingerprint density at radius 3 is 2.50 bits per heavy atom. The molecule has 4 rings (SSSR count). The summed E-state index contributed by atoms with van der Waals surface area (Å²) in [4.78, 5) is 2.50. The molecule has 0 radical (unpaired) electrons. The average Bonchev–Trinajstić information content (AvgIpc) is 2.90. The fourth-order valence-corrected chi connectivity index (χ4v) is 5.89. The van der Waals surface area contributed by atoms with E-state index >= 15 is 0 Å². The van der Waals surface area contributed by atoms with Gasteiger partial charge in [-0.2, -0.15) is 0 Å². The molecule has 2 aromatic carbocycles. The minimum Gasteiger partial charge on any atom is -0.311 e. The topological polar surface area (TPSA) is 54.3 Å². The third-order valence-electron chi connectivity index (χ3n) is 6.88. The normalized spacial score (nSPS) is 15.9. The lowest BCUT2D eigenvalue weighted by molar-refractivity contribution is 0.176. The van der Waals surface area contributed by atoms with Gasteiger partial charge >= 0.3 is 0 Å². The van der Waals surface area contributed by atoms with Crippen LogP contribution in [0.4, 0.5) is 23.2 Å². The zero-order valence-corrected chi connectivity index (χ0v) is 23.9. The number of likely N-dealkylation sites (tertiary alicyclic amines) is 1. The predicted molar refractivity (Wildman–Crippen MR) is 157 cm³/mol. The zero-order chi connectivity index (χ0) is 29.2. The van der Waals surface area contributed by atoms with E-state index in [9.17, 15) is 17.6 Å². The first-order valence-electron chi connectivity index (χ1n) is 13.0. The minimum absolute atomic E-state index is 0.0688. The number of nitriles is 1. The van der Waals surface area contributed by atoms with Gasteiger partial charge in [-0.15, -0.1) is 0 Å². The molecule has 0 spiro atoms. The van der Waals surface area contributed by atoms with Crippen LogP contribution in [-0.4, -0.2) is 42.4 Å². The second-order valence-electron chi connectivity index (χ2n) is 9.82. The van der Waals surface area contributed by atoms with Gasteiger partial charge in [0.15, 0.2) is 0 Å². The number of aryl methyl sites for hydroxylation is 1. The van der Waals surface area contributed by atoms with E-state index in [0.717, 1.165) is 49.8 Å². The van der Waals surface area contributed by atoms with Gasteiger partial charge in [-0.3, -0.25) is 0 Å². The molecule has 0 amide bonds. The van der Waals surface area contributed by atoms with Crippen molar-refractivity contribution >= 4 is 35.9 Å². The Kier molecular flexibility index (Phi) is 12.1. The maximum atomic E-state index is 14.5. The summed E-state index contributed by atoms with van der Waals surface area (Å²) in [6, 6.07) is 10.5. The highest BCUT2D eigenvalue weighted by Crippen LogP contribution is 2.36. The first-order chi connectivity index (χ1) is 19.1. The van der Waals surface area contributed by atoms with Crippen molar-refractivity contribution in [2.24, 2.45) is 0 Å². The lowest BCUT2D eigenvalue weighted by Gasteiger charge is -2.43. The molecule has 2 aliphatic heterocycles. The number of rotatable bonds is 10. The van der Waals surface area contributed by atoms with Crippen molar-refractivity contribution < 1.29 is 17.6 Å². The summed E-state index contributed by atoms with van der Waals surface area (Å²) in [7, 11) is 0. The highest BCUT2D eigenvalue weighted by Gasteiger charge is 2.38. The van der Waals surface area contributed by atoms with Gasteiger partial charge in [0, 0.05) is 28.7 Å². The van der Waals surface area contributed by atoms with Gasteiger partial charge in [-0.25, -0.2) is 22.8 Å². The SMILES string of the molecule is C=CNNC(=C)C(F)F.Cc1ccc(CN(SC2CCN(C3CB(C#N)C3)CC2)c2ccc(F)c(Cl)c2)c(F)c1. The number of anilines is 1. The van der Waals surface area contributed by atoms with Crippen LogP contribution in [0, 0.1) is 29.8 Å². The Hall–Kier alpha value is -2.81. The third-order valence-corrected chi connectivity index (χ3v) is 8.53. The smallest absolute Gasteiger partial charge is 0.279 e. The van der Waals surface area contributed by atoms with Gasteiger partial charge < -0.3 is 20.1 Å². The Morgan fingerprint density at radius 2 is 1.93 bits per heavy atom. The van der Waals surface area contributed by atoms with Crippen molar-refractivity contribution in [2.75, 3.05) is 17.4 Å². The first kappa shape index (κ1) is 31.7. The van der Waals surface area contributed by atoms with Gasteiger partial charge in [0.1, 0.15) is 11.6 Å². The standard InChI is InChI=1S/C23H25BClF2N3S.C5H8F2N2/c1-16-2-3-17(23(27)10-16)14-30(18-4-5-22(26)21(25)11-18)31-20-6-8-29(9-7-20)19-12-24(13-19)15-28;1-3-8-9-4(2)5(6)7/h2-5,10-11,19-20H,6-9,12-14H2,1H3;3,5,8-9H,1-2H2. The fourth-order valence-electron chi connectivity index (χ4n) is 4.48. The molecule has 2 saturated heterocycles. The molecule has 2 aromatic rings. The van der Waals surface area contributed by atoms with Gasteiger partial charge in [0.05, 0.1) is 17.3 Å². The van der Waals surface area contributed by atoms with Gasteiger partial charge in [0.2, 0.25) is 0 Å². The maximum absolute atomic E-state index is 14.5. The summed E-state index contributed by atoms with van der Waals surface area (Å²) in [6.45, 7) is 10.7. The third kappa shape index (κ3) is 9.11. The summed E-state index contributed by atoms with van der Waals surface area (Å²) < 4.78 is 53.3. The van der Waals surface area contributed by atoms with Crippen LogP contribution in [0.2, 0.25) is 17.7 Å². The van der Waals surface area contributed by atoms with Crippen molar-refractivity contribution in [3.8, 4) is 5.97 Å². The molecule has 40 heavy (non-hydrogen) atoms. The van der Waals surface area contributed by atoms with Crippen LogP contribution in [0.15, 0.2) is 61.5 Å². The van der Waals surface area contributed by atoms with E-state index in [2.05, 4.69) is 34.9 Å². The number of hydrazine groups is 1. The fraction of sp³-hybridized carbons (Fsp3) is 0.393. The Labute approximate surface area is 243 Å². The van der Waals surface area contributed by atoms with Gasteiger partial charge in [-0.1, -0.05) is 36.9 Å².